The highest BCUT2D eigenvalue weighted by Gasteiger charge is 2.12. The van der Waals surface area contributed by atoms with Gasteiger partial charge in [-0.1, -0.05) is 0 Å². The molecule has 108 valence electrons. The molecule has 0 atom stereocenters. The number of hydrogen-bond donors (Lipinski definition) is 5. The first-order chi connectivity index (χ1) is 9.86. The highest BCUT2D eigenvalue weighted by Crippen LogP contribution is 2.24. The summed E-state index contributed by atoms with van der Waals surface area (Å²) in [5, 5.41) is 39.3. The number of carbonyl (C=O) groups is 2. The lowest BCUT2D eigenvalue weighted by molar-refractivity contribution is 0.0693. The molecule has 2 aromatic rings. The van der Waals surface area contributed by atoms with Crippen LogP contribution in [0.25, 0.3) is 0 Å². The second kappa shape index (κ2) is 5.41. The van der Waals surface area contributed by atoms with E-state index in [-0.39, 0.29) is 28.3 Å². The lowest BCUT2D eigenvalue weighted by Gasteiger charge is -2.08. The van der Waals surface area contributed by atoms with Crippen molar-refractivity contribution < 1.29 is 30.0 Å². The van der Waals surface area contributed by atoms with E-state index in [0.29, 0.717) is 0 Å². The van der Waals surface area contributed by atoms with Gasteiger partial charge in [-0.15, -0.1) is 0 Å². The quantitative estimate of drug-likeness (QED) is 0.586. The van der Waals surface area contributed by atoms with Crippen LogP contribution in [0.4, 0.5) is 5.69 Å². The fraction of sp³-hybridized carbons (Fsp3) is 0. The van der Waals surface area contributed by atoms with Crippen LogP contribution in [0, 0.1) is 0 Å². The number of aromatic hydroxyl groups is 3. The molecule has 0 aromatic heterocycles. The van der Waals surface area contributed by atoms with E-state index in [1.54, 1.807) is 0 Å². The topological polar surface area (TPSA) is 127 Å². The third-order valence-electron chi connectivity index (χ3n) is 2.65. The van der Waals surface area contributed by atoms with Crippen LogP contribution in [0.5, 0.6) is 17.2 Å². The fourth-order valence-electron chi connectivity index (χ4n) is 1.72. The van der Waals surface area contributed by atoms with Gasteiger partial charge in [0.2, 0.25) is 0 Å². The fourth-order valence-corrected chi connectivity index (χ4v) is 1.72. The van der Waals surface area contributed by atoms with Crippen molar-refractivity contribution in [1.29, 1.82) is 0 Å². The van der Waals surface area contributed by atoms with E-state index in [1.165, 1.54) is 6.07 Å². The van der Waals surface area contributed by atoms with Crippen molar-refractivity contribution >= 4 is 17.6 Å². The van der Waals surface area contributed by atoms with Crippen LogP contribution in [0.1, 0.15) is 20.7 Å². The molecular weight excluding hydrogens is 278 g/mol. The van der Waals surface area contributed by atoms with Crippen LogP contribution < -0.4 is 5.32 Å². The van der Waals surface area contributed by atoms with E-state index in [2.05, 4.69) is 5.32 Å². The number of nitrogens with one attached hydrogen (secondary N) is 1. The summed E-state index contributed by atoms with van der Waals surface area (Å²) in [5.74, 6) is -2.96. The second-order valence-corrected chi connectivity index (χ2v) is 4.23. The van der Waals surface area contributed by atoms with Crippen LogP contribution in [0.15, 0.2) is 36.4 Å². The Morgan fingerprint density at radius 1 is 0.905 bits per heavy atom. The van der Waals surface area contributed by atoms with Crippen molar-refractivity contribution in [2.24, 2.45) is 0 Å². The van der Waals surface area contributed by atoms with Crippen LogP contribution in [0.2, 0.25) is 0 Å². The zero-order valence-corrected chi connectivity index (χ0v) is 10.6. The van der Waals surface area contributed by atoms with Crippen LogP contribution in [-0.4, -0.2) is 32.3 Å². The molecule has 0 fully saturated rings. The summed E-state index contributed by atoms with van der Waals surface area (Å²) in [6, 6.07) is 6.92. The van der Waals surface area contributed by atoms with Gasteiger partial charge in [0.05, 0.1) is 0 Å². The summed E-state index contributed by atoms with van der Waals surface area (Å²) in [4.78, 5) is 22.7. The Balaban J connectivity index is 2.23. The Morgan fingerprint density at radius 2 is 1.52 bits per heavy atom. The van der Waals surface area contributed by atoms with Gasteiger partial charge in [-0.3, -0.25) is 4.79 Å². The van der Waals surface area contributed by atoms with E-state index < -0.39 is 17.6 Å². The Labute approximate surface area is 118 Å². The molecular formula is C14H11NO6. The van der Waals surface area contributed by atoms with Gasteiger partial charge in [-0.25, -0.2) is 4.79 Å². The number of amides is 1. The van der Waals surface area contributed by atoms with E-state index in [1.807, 2.05) is 0 Å². The third kappa shape index (κ3) is 3.21. The largest absolute Gasteiger partial charge is 0.508 e. The first-order valence-electron chi connectivity index (χ1n) is 5.77. The molecule has 7 nitrogen and oxygen atoms in total. The van der Waals surface area contributed by atoms with Crippen LogP contribution in [-0.2, 0) is 0 Å². The number of hydrogen-bond acceptors (Lipinski definition) is 5. The smallest absolute Gasteiger partial charge is 0.339 e. The number of benzene rings is 2. The van der Waals surface area contributed by atoms with Crippen molar-refractivity contribution in [3.05, 3.63) is 47.5 Å². The van der Waals surface area contributed by atoms with Gasteiger partial charge in [-0.05, 0) is 24.3 Å². The van der Waals surface area contributed by atoms with Gasteiger partial charge in [-0.2, -0.15) is 0 Å². The lowest BCUT2D eigenvalue weighted by atomic mass is 10.1. The minimum atomic E-state index is -1.29. The van der Waals surface area contributed by atoms with Crippen molar-refractivity contribution in [2.75, 3.05) is 5.32 Å². The Hall–Kier alpha value is -3.22. The number of carbonyl (C=O) groups excluding carboxylic acids is 1. The first kappa shape index (κ1) is 14.2. The Morgan fingerprint density at radius 3 is 2.05 bits per heavy atom. The van der Waals surface area contributed by atoms with Crippen molar-refractivity contribution in [3.8, 4) is 17.2 Å². The summed E-state index contributed by atoms with van der Waals surface area (Å²) in [7, 11) is 0. The average Bonchev–Trinajstić information content (AvgIpc) is 2.37. The highest BCUT2D eigenvalue weighted by molar-refractivity contribution is 6.05. The SMILES string of the molecule is O=C(Nc1ccc(C(=O)O)c(O)c1)c1cc(O)cc(O)c1. The standard InChI is InChI=1S/C14H11NO6/c16-9-3-7(4-10(17)6-9)13(19)15-8-1-2-11(14(20)21)12(18)5-8/h1-6,16-18H,(H,15,19)(H,20,21). The molecule has 7 heteroatoms. The molecule has 0 aliphatic carbocycles. The predicted octanol–water partition coefficient (Wildman–Crippen LogP) is 1.75. The van der Waals surface area contributed by atoms with Gasteiger partial charge in [0, 0.05) is 23.4 Å². The maximum absolute atomic E-state index is 11.9. The molecule has 0 unspecified atom stereocenters. The van der Waals surface area contributed by atoms with E-state index in [0.717, 1.165) is 30.3 Å². The number of carboxylic acids is 1. The summed E-state index contributed by atoms with van der Waals surface area (Å²) in [6.45, 7) is 0. The van der Waals surface area contributed by atoms with E-state index >= 15 is 0 Å². The number of anilines is 1. The molecule has 0 saturated heterocycles. The van der Waals surface area contributed by atoms with Crippen LogP contribution in [0.3, 0.4) is 0 Å². The van der Waals surface area contributed by atoms with Gasteiger partial charge in [0.15, 0.2) is 0 Å². The number of carboxylic acid groups (broad SMARTS) is 1. The molecule has 2 aromatic carbocycles. The molecule has 5 N–H and O–H groups in total. The molecule has 0 bridgehead atoms. The summed E-state index contributed by atoms with van der Waals surface area (Å²) < 4.78 is 0. The lowest BCUT2D eigenvalue weighted by Crippen LogP contribution is -2.12. The Bertz CT molecular complexity index is 705. The van der Waals surface area contributed by atoms with Gasteiger partial charge < -0.3 is 25.7 Å². The number of phenols is 3. The van der Waals surface area contributed by atoms with Crippen LogP contribution >= 0.6 is 0 Å². The van der Waals surface area contributed by atoms with Gasteiger partial charge in [0.25, 0.3) is 5.91 Å². The second-order valence-electron chi connectivity index (χ2n) is 4.23. The highest BCUT2D eigenvalue weighted by atomic mass is 16.4. The minimum Gasteiger partial charge on any atom is -0.508 e. The van der Waals surface area contributed by atoms with E-state index in [4.69, 9.17) is 5.11 Å². The minimum absolute atomic E-state index is 0.00861. The third-order valence-corrected chi connectivity index (χ3v) is 2.65. The molecule has 21 heavy (non-hydrogen) atoms. The summed E-state index contributed by atoms with van der Waals surface area (Å²) >= 11 is 0. The molecule has 0 aliphatic heterocycles. The summed E-state index contributed by atoms with van der Waals surface area (Å²) in [5.41, 5.74) is -0.109. The van der Waals surface area contributed by atoms with Gasteiger partial charge in [0.1, 0.15) is 22.8 Å². The zero-order valence-electron chi connectivity index (χ0n) is 10.6. The molecule has 0 radical (unpaired) electrons. The van der Waals surface area contributed by atoms with Crippen molar-refractivity contribution in [3.63, 3.8) is 0 Å². The normalized spacial score (nSPS) is 10.1. The molecule has 1 amide bonds. The number of phenolic OH excluding ortho intramolecular Hbond substituents is 2. The molecule has 0 heterocycles. The maximum atomic E-state index is 11.9. The number of aromatic carboxylic acids is 1. The Kier molecular flexibility index (Phi) is 3.66. The monoisotopic (exact) mass is 289 g/mol. The number of rotatable bonds is 3. The maximum Gasteiger partial charge on any atom is 0.339 e. The molecule has 0 aliphatic rings. The molecule has 0 spiro atoms. The predicted molar refractivity (Wildman–Crippen MR) is 72.8 cm³/mol. The summed E-state index contributed by atoms with van der Waals surface area (Å²) in [6.07, 6.45) is 0. The van der Waals surface area contributed by atoms with Crippen molar-refractivity contribution in [2.45, 2.75) is 0 Å². The molecule has 2 rings (SSSR count). The first-order valence-corrected chi connectivity index (χ1v) is 5.77. The van der Waals surface area contributed by atoms with E-state index in [9.17, 15) is 24.9 Å². The molecule has 0 saturated carbocycles. The zero-order chi connectivity index (χ0) is 15.6. The van der Waals surface area contributed by atoms with Crippen molar-refractivity contribution in [1.82, 2.24) is 0 Å². The van der Waals surface area contributed by atoms with Gasteiger partial charge >= 0.3 is 5.97 Å². The average molecular weight is 289 g/mol.